The topological polar surface area (TPSA) is 100 Å². The van der Waals surface area contributed by atoms with Gasteiger partial charge in [0.15, 0.2) is 0 Å². The molecule has 1 aliphatic rings. The van der Waals surface area contributed by atoms with Crippen LogP contribution in [0.1, 0.15) is 30.6 Å². The summed E-state index contributed by atoms with van der Waals surface area (Å²) in [5.41, 5.74) is 1.55. The molecule has 2 heterocycles. The number of hydrogen-bond acceptors (Lipinski definition) is 4. The summed E-state index contributed by atoms with van der Waals surface area (Å²) in [5, 5.41) is 15.8. The largest absolute Gasteiger partial charge is 0.370 e. The van der Waals surface area contributed by atoms with Crippen molar-refractivity contribution in [2.24, 2.45) is 0 Å². The number of aryl methyl sites for hydroxylation is 1. The Kier molecular flexibility index (Phi) is 4.87. The normalized spacial score (nSPS) is 12.9. The molecule has 0 aliphatic carbocycles. The number of fused-ring (bicyclic) bond motifs is 1. The van der Waals surface area contributed by atoms with E-state index in [9.17, 15) is 9.59 Å². The first-order chi connectivity index (χ1) is 12.0. The number of para-hydroxylation sites is 2. The molecule has 0 spiro atoms. The first-order valence-corrected chi connectivity index (χ1v) is 8.32. The highest BCUT2D eigenvalue weighted by molar-refractivity contribution is 6.09. The minimum Gasteiger partial charge on any atom is -0.370 e. The average molecular weight is 342 g/mol. The fourth-order valence-corrected chi connectivity index (χ4v) is 2.65. The Morgan fingerprint density at radius 1 is 1.20 bits per heavy atom. The molecule has 0 atom stereocenters. The molecule has 4 N–H and O–H groups in total. The number of benzene rings is 1. The van der Waals surface area contributed by atoms with Crippen molar-refractivity contribution >= 4 is 29.1 Å². The number of carbonyl (C=O) groups excluding carboxylic acids is 2. The zero-order chi connectivity index (χ0) is 17.8. The monoisotopic (exact) mass is 342 g/mol. The molecule has 8 nitrogen and oxygen atoms in total. The van der Waals surface area contributed by atoms with Crippen LogP contribution >= 0.6 is 0 Å². The molecular weight excluding hydrogens is 320 g/mol. The van der Waals surface area contributed by atoms with E-state index in [-0.39, 0.29) is 18.0 Å². The number of nitrogens with one attached hydrogen (secondary N) is 4. The molecule has 2 aromatic rings. The fourth-order valence-electron chi connectivity index (χ4n) is 2.65. The van der Waals surface area contributed by atoms with Crippen molar-refractivity contribution in [2.45, 2.75) is 32.9 Å². The predicted molar refractivity (Wildman–Crippen MR) is 97.0 cm³/mol. The van der Waals surface area contributed by atoms with Crippen LogP contribution in [0.25, 0.3) is 0 Å². The highest BCUT2D eigenvalue weighted by Gasteiger charge is 2.20. The first kappa shape index (κ1) is 16.8. The number of amides is 3. The highest BCUT2D eigenvalue weighted by Crippen LogP contribution is 2.24. The molecule has 1 aliphatic heterocycles. The van der Waals surface area contributed by atoms with Crippen LogP contribution in [0.5, 0.6) is 0 Å². The zero-order valence-electron chi connectivity index (χ0n) is 14.3. The lowest BCUT2D eigenvalue weighted by Crippen LogP contribution is -2.34. The molecule has 25 heavy (non-hydrogen) atoms. The second-order valence-corrected chi connectivity index (χ2v) is 6.16. The summed E-state index contributed by atoms with van der Waals surface area (Å²) in [4.78, 5) is 24.6. The van der Waals surface area contributed by atoms with Gasteiger partial charge in [-0.3, -0.25) is 4.79 Å². The predicted octanol–water partition coefficient (Wildman–Crippen LogP) is 2.48. The van der Waals surface area contributed by atoms with Crippen LogP contribution in [0.4, 0.5) is 22.0 Å². The van der Waals surface area contributed by atoms with Gasteiger partial charge in [-0.1, -0.05) is 12.1 Å². The van der Waals surface area contributed by atoms with Crippen molar-refractivity contribution in [3.63, 3.8) is 0 Å². The third kappa shape index (κ3) is 3.90. The van der Waals surface area contributed by atoms with Gasteiger partial charge in [0.2, 0.25) is 0 Å². The van der Waals surface area contributed by atoms with Gasteiger partial charge in [-0.25, -0.2) is 9.48 Å². The Bertz CT molecular complexity index is 783. The van der Waals surface area contributed by atoms with E-state index < -0.39 is 0 Å². The van der Waals surface area contributed by atoms with Crippen molar-refractivity contribution in [2.75, 3.05) is 22.5 Å². The minimum absolute atomic E-state index is 0.0202. The van der Waals surface area contributed by atoms with Crippen LogP contribution in [0.2, 0.25) is 0 Å². The molecule has 0 radical (unpaired) electrons. The Balaban J connectivity index is 1.75. The number of urea groups is 1. The van der Waals surface area contributed by atoms with Gasteiger partial charge in [-0.05, 0) is 32.4 Å². The number of rotatable bonds is 4. The summed E-state index contributed by atoms with van der Waals surface area (Å²) in [7, 11) is 0. The van der Waals surface area contributed by atoms with E-state index in [2.05, 4.69) is 26.4 Å². The van der Waals surface area contributed by atoms with Crippen molar-refractivity contribution in [1.29, 1.82) is 0 Å². The summed E-state index contributed by atoms with van der Waals surface area (Å²) in [6.07, 6.45) is 2.54. The summed E-state index contributed by atoms with van der Waals surface area (Å²) >= 11 is 0. The Labute approximate surface area is 146 Å². The van der Waals surface area contributed by atoms with E-state index in [1.807, 2.05) is 13.8 Å². The number of aromatic nitrogens is 2. The van der Waals surface area contributed by atoms with Gasteiger partial charge in [0.25, 0.3) is 5.91 Å². The van der Waals surface area contributed by atoms with Gasteiger partial charge in [0.1, 0.15) is 11.4 Å². The molecule has 3 amide bonds. The van der Waals surface area contributed by atoms with Crippen LogP contribution in [-0.2, 0) is 6.54 Å². The summed E-state index contributed by atoms with van der Waals surface area (Å²) < 4.78 is 1.79. The van der Waals surface area contributed by atoms with Gasteiger partial charge in [-0.15, -0.1) is 0 Å². The second kappa shape index (κ2) is 7.25. The number of carbonyl (C=O) groups is 2. The van der Waals surface area contributed by atoms with Crippen LogP contribution < -0.4 is 21.3 Å². The molecule has 0 unspecified atom stereocenters. The third-order valence-corrected chi connectivity index (χ3v) is 3.77. The van der Waals surface area contributed by atoms with Crippen molar-refractivity contribution in [3.8, 4) is 0 Å². The highest BCUT2D eigenvalue weighted by atomic mass is 16.2. The molecule has 132 valence electrons. The lowest BCUT2D eigenvalue weighted by molar-refractivity contribution is 0.102. The van der Waals surface area contributed by atoms with Crippen molar-refractivity contribution in [3.05, 3.63) is 36.0 Å². The van der Waals surface area contributed by atoms with Crippen LogP contribution in [-0.4, -0.2) is 34.3 Å². The second-order valence-electron chi connectivity index (χ2n) is 6.16. The molecule has 3 rings (SSSR count). The van der Waals surface area contributed by atoms with E-state index in [4.69, 9.17) is 0 Å². The first-order valence-electron chi connectivity index (χ1n) is 8.32. The van der Waals surface area contributed by atoms with Crippen LogP contribution in [0, 0.1) is 0 Å². The van der Waals surface area contributed by atoms with Crippen LogP contribution in [0.15, 0.2) is 30.5 Å². The lowest BCUT2D eigenvalue weighted by atomic mass is 10.2. The summed E-state index contributed by atoms with van der Waals surface area (Å²) in [6, 6.07) is 6.78. The van der Waals surface area contributed by atoms with Crippen molar-refractivity contribution in [1.82, 2.24) is 15.1 Å². The van der Waals surface area contributed by atoms with Gasteiger partial charge >= 0.3 is 6.03 Å². The summed E-state index contributed by atoms with van der Waals surface area (Å²) in [6.45, 7) is 5.37. The molecular formula is C17H22N6O2. The maximum atomic E-state index is 12.6. The quantitative estimate of drug-likeness (QED) is 0.686. The van der Waals surface area contributed by atoms with Gasteiger partial charge in [0, 0.05) is 19.1 Å². The molecule has 0 saturated carbocycles. The smallest absolute Gasteiger partial charge is 0.319 e. The van der Waals surface area contributed by atoms with E-state index in [0.717, 1.165) is 25.3 Å². The SMILES string of the molecule is CC(C)NC(=O)Nc1ccccc1NC(=O)c1cnn2c1NCCC2. The third-order valence-electron chi connectivity index (χ3n) is 3.77. The van der Waals surface area contributed by atoms with E-state index >= 15 is 0 Å². The van der Waals surface area contributed by atoms with Crippen LogP contribution in [0.3, 0.4) is 0 Å². The summed E-state index contributed by atoms with van der Waals surface area (Å²) in [5.74, 6) is 0.459. The van der Waals surface area contributed by atoms with E-state index in [1.165, 1.54) is 0 Å². The van der Waals surface area contributed by atoms with E-state index in [1.54, 1.807) is 35.1 Å². The molecule has 0 fully saturated rings. The Hall–Kier alpha value is -3.03. The molecule has 1 aromatic heterocycles. The molecule has 0 bridgehead atoms. The standard InChI is InChI=1S/C17H22N6O2/c1-11(2)20-17(25)22-14-7-4-3-6-13(14)21-16(24)12-10-19-23-9-5-8-18-15(12)23/h3-4,6-7,10-11,18H,5,8-9H2,1-2H3,(H,21,24)(H2,20,22,25). The fraction of sp³-hybridized carbons (Fsp3) is 0.353. The minimum atomic E-state index is -0.318. The van der Waals surface area contributed by atoms with Gasteiger partial charge in [0.05, 0.1) is 17.6 Å². The molecule has 0 saturated heterocycles. The average Bonchev–Trinajstić information content (AvgIpc) is 3.00. The number of anilines is 3. The zero-order valence-corrected chi connectivity index (χ0v) is 14.3. The number of nitrogens with zero attached hydrogens (tertiary/aromatic N) is 2. The Morgan fingerprint density at radius 2 is 1.92 bits per heavy atom. The maximum absolute atomic E-state index is 12.6. The molecule has 1 aromatic carbocycles. The van der Waals surface area contributed by atoms with E-state index in [0.29, 0.717) is 16.9 Å². The maximum Gasteiger partial charge on any atom is 0.319 e. The van der Waals surface area contributed by atoms with Gasteiger partial charge < -0.3 is 21.3 Å². The van der Waals surface area contributed by atoms with Gasteiger partial charge in [-0.2, -0.15) is 5.10 Å². The number of hydrogen-bond donors (Lipinski definition) is 4. The lowest BCUT2D eigenvalue weighted by Gasteiger charge is -2.17. The van der Waals surface area contributed by atoms with Crippen molar-refractivity contribution < 1.29 is 9.59 Å². The molecule has 8 heteroatoms. The Morgan fingerprint density at radius 3 is 2.64 bits per heavy atom.